The van der Waals surface area contributed by atoms with Crippen molar-refractivity contribution < 1.29 is 14.3 Å². The first-order valence-electron chi connectivity index (χ1n) is 8.95. The molecule has 3 atom stereocenters. The fraction of sp³-hybridized carbons (Fsp3) is 0.650. The summed E-state index contributed by atoms with van der Waals surface area (Å²) in [5, 5.41) is 0. The molecule has 3 heteroatoms. The van der Waals surface area contributed by atoms with Gasteiger partial charge in [-0.05, 0) is 38.5 Å². The van der Waals surface area contributed by atoms with Crippen LogP contribution in [-0.4, -0.2) is 25.3 Å². The van der Waals surface area contributed by atoms with Crippen molar-refractivity contribution in [1.82, 2.24) is 0 Å². The van der Waals surface area contributed by atoms with Gasteiger partial charge >= 0.3 is 5.97 Å². The second kappa shape index (κ2) is 8.49. The van der Waals surface area contributed by atoms with E-state index < -0.39 is 0 Å². The molecule has 0 aliphatic heterocycles. The topological polar surface area (TPSA) is 35.5 Å². The lowest BCUT2D eigenvalue weighted by atomic mass is 9.81. The molecule has 1 fully saturated rings. The van der Waals surface area contributed by atoms with Crippen LogP contribution in [0.1, 0.15) is 52.4 Å². The van der Waals surface area contributed by atoms with Crippen LogP contribution in [0, 0.1) is 11.8 Å². The van der Waals surface area contributed by atoms with Crippen LogP contribution in [0.3, 0.4) is 0 Å². The third kappa shape index (κ3) is 4.35. The van der Waals surface area contributed by atoms with Crippen LogP contribution < -0.4 is 0 Å². The minimum atomic E-state index is -0.343. The molecule has 2 rings (SSSR count). The van der Waals surface area contributed by atoms with Crippen molar-refractivity contribution in [2.24, 2.45) is 11.8 Å². The van der Waals surface area contributed by atoms with Gasteiger partial charge in [0.1, 0.15) is 0 Å². The molecule has 0 spiro atoms. The normalized spacial score (nSPS) is 30.1. The number of carbonyl (C=O) groups is 1. The summed E-state index contributed by atoms with van der Waals surface area (Å²) in [4.78, 5) is 11.7. The van der Waals surface area contributed by atoms with Gasteiger partial charge in [-0.2, -0.15) is 0 Å². The molecule has 0 bridgehead atoms. The molecule has 23 heavy (non-hydrogen) atoms. The fourth-order valence-corrected chi connectivity index (χ4v) is 3.71. The number of ether oxygens (including phenoxy) is 2. The average Bonchev–Trinajstić information content (AvgIpc) is 2.93. The molecule has 0 amide bonds. The van der Waals surface area contributed by atoms with Crippen molar-refractivity contribution in [3.05, 3.63) is 36.0 Å². The van der Waals surface area contributed by atoms with Gasteiger partial charge in [0.25, 0.3) is 0 Å². The highest BCUT2D eigenvalue weighted by atomic mass is 16.5. The van der Waals surface area contributed by atoms with Crippen LogP contribution in [0.2, 0.25) is 0 Å². The van der Waals surface area contributed by atoms with E-state index >= 15 is 0 Å². The molecule has 0 N–H and O–H groups in total. The average molecular weight is 318 g/mol. The van der Waals surface area contributed by atoms with Crippen molar-refractivity contribution in [3.8, 4) is 0 Å². The number of hydrogen-bond acceptors (Lipinski definition) is 3. The molecule has 2 aliphatic carbocycles. The Bertz CT molecular complexity index is 489. The zero-order valence-corrected chi connectivity index (χ0v) is 14.7. The molecule has 0 radical (unpaired) electrons. The summed E-state index contributed by atoms with van der Waals surface area (Å²) in [6.07, 6.45) is 17.3. The van der Waals surface area contributed by atoms with Gasteiger partial charge in [-0.1, -0.05) is 49.6 Å². The van der Waals surface area contributed by atoms with Crippen LogP contribution in [0.5, 0.6) is 0 Å². The van der Waals surface area contributed by atoms with Crippen molar-refractivity contribution in [2.45, 2.75) is 58.0 Å². The molecule has 0 aromatic rings. The van der Waals surface area contributed by atoms with Crippen molar-refractivity contribution in [1.29, 1.82) is 0 Å². The molecule has 0 aromatic carbocycles. The van der Waals surface area contributed by atoms with E-state index in [0.717, 1.165) is 19.3 Å². The summed E-state index contributed by atoms with van der Waals surface area (Å²) < 4.78 is 11.1. The summed E-state index contributed by atoms with van der Waals surface area (Å²) in [7, 11) is 1.79. The summed E-state index contributed by atoms with van der Waals surface area (Å²) in [5.41, 5.74) is 1.16. The van der Waals surface area contributed by atoms with E-state index in [2.05, 4.69) is 25.2 Å². The minimum absolute atomic E-state index is 0.0709. The Hall–Kier alpha value is -1.35. The van der Waals surface area contributed by atoms with Gasteiger partial charge in [-0.25, -0.2) is 4.79 Å². The number of esters is 1. The number of carbonyl (C=O) groups excluding carboxylic acids is 1. The Kier molecular flexibility index (Phi) is 6.64. The van der Waals surface area contributed by atoms with Crippen LogP contribution in [0.25, 0.3) is 0 Å². The lowest BCUT2D eigenvalue weighted by molar-refractivity contribution is -0.137. The lowest BCUT2D eigenvalue weighted by Crippen LogP contribution is -2.36. The second-order valence-electron chi connectivity index (χ2n) is 6.50. The highest BCUT2D eigenvalue weighted by molar-refractivity contribution is 5.82. The summed E-state index contributed by atoms with van der Waals surface area (Å²) in [5.74, 6) is 0.340. The van der Waals surface area contributed by atoms with Crippen LogP contribution in [-0.2, 0) is 14.3 Å². The highest BCUT2D eigenvalue weighted by Gasteiger charge is 2.37. The summed E-state index contributed by atoms with van der Waals surface area (Å²) in [6.45, 7) is 4.43. The van der Waals surface area contributed by atoms with Gasteiger partial charge < -0.3 is 9.47 Å². The Morgan fingerprint density at radius 1 is 1.39 bits per heavy atom. The predicted molar refractivity (Wildman–Crippen MR) is 93.1 cm³/mol. The molecule has 0 saturated heterocycles. The van der Waals surface area contributed by atoms with E-state index in [-0.39, 0.29) is 17.5 Å². The Labute approximate surface area is 140 Å². The smallest absolute Gasteiger partial charge is 0.330 e. The largest absolute Gasteiger partial charge is 0.463 e. The first-order valence-corrected chi connectivity index (χ1v) is 8.95. The van der Waals surface area contributed by atoms with E-state index in [1.54, 1.807) is 13.2 Å². The van der Waals surface area contributed by atoms with E-state index in [0.29, 0.717) is 12.5 Å². The Balaban J connectivity index is 2.29. The zero-order valence-electron chi connectivity index (χ0n) is 14.7. The van der Waals surface area contributed by atoms with Gasteiger partial charge in [0.2, 0.25) is 0 Å². The molecule has 0 heterocycles. The fourth-order valence-electron chi connectivity index (χ4n) is 3.71. The summed E-state index contributed by atoms with van der Waals surface area (Å²) in [6, 6.07) is 0. The molecule has 2 aliphatic rings. The van der Waals surface area contributed by atoms with Gasteiger partial charge in [0.05, 0.1) is 12.2 Å². The number of allylic oxidation sites excluding steroid dienone is 2. The number of methoxy groups -OCH3 is 1. The molecular formula is C20H30O3. The van der Waals surface area contributed by atoms with Crippen LogP contribution in [0.15, 0.2) is 36.0 Å². The molecule has 0 aromatic heterocycles. The monoisotopic (exact) mass is 318 g/mol. The number of rotatable bonds is 7. The lowest BCUT2D eigenvalue weighted by Gasteiger charge is -2.34. The van der Waals surface area contributed by atoms with Gasteiger partial charge in [0.15, 0.2) is 0 Å². The second-order valence-corrected chi connectivity index (χ2v) is 6.50. The maximum absolute atomic E-state index is 11.7. The maximum Gasteiger partial charge on any atom is 0.330 e. The number of hydrogen-bond donors (Lipinski definition) is 0. The SMILES string of the molecule is CCCC[C@@]1(OC)C=C2CCC[C@H]2C=C[C@H]1/C=C/C(=O)OCC. The quantitative estimate of drug-likeness (QED) is 0.391. The van der Waals surface area contributed by atoms with E-state index in [9.17, 15) is 4.79 Å². The summed E-state index contributed by atoms with van der Waals surface area (Å²) >= 11 is 0. The predicted octanol–water partition coefficient (Wildman–Crippen LogP) is 4.59. The molecule has 128 valence electrons. The van der Waals surface area contributed by atoms with Crippen LogP contribution >= 0.6 is 0 Å². The molecule has 0 unspecified atom stereocenters. The highest BCUT2D eigenvalue weighted by Crippen LogP contribution is 2.42. The van der Waals surface area contributed by atoms with Crippen molar-refractivity contribution in [2.75, 3.05) is 13.7 Å². The number of unbranched alkanes of at least 4 members (excludes halogenated alkanes) is 1. The van der Waals surface area contributed by atoms with Crippen molar-refractivity contribution in [3.63, 3.8) is 0 Å². The molecule has 3 nitrogen and oxygen atoms in total. The van der Waals surface area contributed by atoms with Gasteiger partial charge in [0, 0.05) is 19.1 Å². The third-order valence-electron chi connectivity index (χ3n) is 5.03. The molecule has 1 saturated carbocycles. The van der Waals surface area contributed by atoms with Crippen LogP contribution in [0.4, 0.5) is 0 Å². The van der Waals surface area contributed by atoms with E-state index in [1.807, 2.05) is 13.0 Å². The standard InChI is InChI=1S/C20H30O3/c1-4-6-14-20(22-3)15-17-9-7-8-16(17)10-11-18(20)12-13-19(21)23-5-2/h10-13,15-16,18H,4-9,14H2,1-3H3/b13-12+/t16-,18-,20+/m0/s1. The Morgan fingerprint density at radius 3 is 2.91 bits per heavy atom. The molecular weight excluding hydrogens is 288 g/mol. The van der Waals surface area contributed by atoms with Crippen molar-refractivity contribution >= 4 is 5.97 Å². The minimum Gasteiger partial charge on any atom is -0.463 e. The first-order chi connectivity index (χ1) is 11.1. The third-order valence-corrected chi connectivity index (χ3v) is 5.03. The number of fused-ring (bicyclic) bond motifs is 1. The van der Waals surface area contributed by atoms with E-state index in [1.165, 1.54) is 24.8 Å². The first kappa shape index (κ1) is 18.0. The zero-order chi connectivity index (χ0) is 16.7. The van der Waals surface area contributed by atoms with Gasteiger partial charge in [-0.3, -0.25) is 0 Å². The maximum atomic E-state index is 11.7. The Morgan fingerprint density at radius 2 is 2.22 bits per heavy atom. The van der Waals surface area contributed by atoms with Gasteiger partial charge in [-0.15, -0.1) is 0 Å². The van der Waals surface area contributed by atoms with E-state index in [4.69, 9.17) is 9.47 Å².